The first-order valence-corrected chi connectivity index (χ1v) is 3.66. The molecule has 1 heterocycles. The summed E-state index contributed by atoms with van der Waals surface area (Å²) in [6, 6.07) is 2.24. The van der Waals surface area contributed by atoms with Gasteiger partial charge in [-0.1, -0.05) is 11.8 Å². The van der Waals surface area contributed by atoms with Gasteiger partial charge in [0.05, 0.1) is 12.2 Å². The molecule has 0 aliphatic carbocycles. The second-order valence-electron chi connectivity index (χ2n) is 2.25. The smallest absolute Gasteiger partial charge is 0.231 e. The Morgan fingerprint density at radius 2 is 2.15 bits per heavy atom. The van der Waals surface area contributed by atoms with Crippen LogP contribution in [0.2, 0.25) is 0 Å². The normalized spacial score (nSPS) is 9.15. The maximum absolute atomic E-state index is 12.8. The van der Waals surface area contributed by atoms with E-state index in [-0.39, 0.29) is 18.6 Å². The van der Waals surface area contributed by atoms with E-state index in [2.05, 4.69) is 16.8 Å². The van der Waals surface area contributed by atoms with Crippen molar-refractivity contribution in [1.29, 1.82) is 0 Å². The minimum absolute atomic E-state index is 0.0369. The molecule has 0 aliphatic heterocycles. The SMILES string of the molecule is OCCC#Cc1ccc(F)nc1F. The molecule has 0 aliphatic rings. The van der Waals surface area contributed by atoms with Gasteiger partial charge in [0.15, 0.2) is 0 Å². The lowest BCUT2D eigenvalue weighted by Crippen LogP contribution is -1.91. The molecule has 4 heteroatoms. The van der Waals surface area contributed by atoms with E-state index in [0.29, 0.717) is 0 Å². The molecule has 1 N–H and O–H groups in total. The molecule has 68 valence electrons. The summed E-state index contributed by atoms with van der Waals surface area (Å²) in [7, 11) is 0. The summed E-state index contributed by atoms with van der Waals surface area (Å²) in [5.41, 5.74) is 0.0369. The molecule has 1 rings (SSSR count). The lowest BCUT2D eigenvalue weighted by Gasteiger charge is -1.91. The first-order chi connectivity index (χ1) is 6.24. The van der Waals surface area contributed by atoms with E-state index in [1.54, 1.807) is 0 Å². The monoisotopic (exact) mass is 183 g/mol. The van der Waals surface area contributed by atoms with Crippen LogP contribution in [-0.2, 0) is 0 Å². The molecule has 0 fully saturated rings. The number of hydrogen-bond acceptors (Lipinski definition) is 2. The molecule has 0 unspecified atom stereocenters. The Labute approximate surface area is 74.2 Å². The second-order valence-corrected chi connectivity index (χ2v) is 2.25. The molecule has 2 nitrogen and oxygen atoms in total. The van der Waals surface area contributed by atoms with Crippen molar-refractivity contribution in [3.8, 4) is 11.8 Å². The lowest BCUT2D eigenvalue weighted by atomic mass is 10.2. The van der Waals surface area contributed by atoms with E-state index in [4.69, 9.17) is 5.11 Å². The van der Waals surface area contributed by atoms with E-state index in [0.717, 1.165) is 6.07 Å². The number of hydrogen-bond donors (Lipinski definition) is 1. The van der Waals surface area contributed by atoms with Crippen molar-refractivity contribution in [3.05, 3.63) is 29.6 Å². The Hall–Kier alpha value is -1.47. The van der Waals surface area contributed by atoms with Crippen LogP contribution in [0.1, 0.15) is 12.0 Å². The quantitative estimate of drug-likeness (QED) is 0.522. The molecule has 0 radical (unpaired) electrons. The van der Waals surface area contributed by atoms with Gasteiger partial charge in [0, 0.05) is 6.42 Å². The Morgan fingerprint density at radius 1 is 1.38 bits per heavy atom. The Kier molecular flexibility index (Phi) is 3.35. The molecule has 0 amide bonds. The van der Waals surface area contributed by atoms with Crippen molar-refractivity contribution in [1.82, 2.24) is 4.98 Å². The molecule has 1 aromatic heterocycles. The molecule has 0 aromatic carbocycles. The fourth-order valence-electron chi connectivity index (χ4n) is 0.719. The predicted molar refractivity (Wildman–Crippen MR) is 42.7 cm³/mol. The summed E-state index contributed by atoms with van der Waals surface area (Å²) in [5.74, 6) is 3.14. The predicted octanol–water partition coefficient (Wildman–Crippen LogP) is 1.09. The second kappa shape index (κ2) is 4.53. The molecule has 0 spiro atoms. The van der Waals surface area contributed by atoms with E-state index >= 15 is 0 Å². The van der Waals surface area contributed by atoms with Gasteiger partial charge in [0.25, 0.3) is 0 Å². The number of aliphatic hydroxyl groups is 1. The number of pyridine rings is 1. The van der Waals surface area contributed by atoms with Crippen molar-refractivity contribution in [2.24, 2.45) is 0 Å². The molecule has 0 atom stereocenters. The summed E-state index contributed by atoms with van der Waals surface area (Å²) < 4.78 is 25.1. The highest BCUT2D eigenvalue weighted by Gasteiger charge is 2.01. The third-order valence-corrected chi connectivity index (χ3v) is 1.27. The number of nitrogens with zero attached hydrogens (tertiary/aromatic N) is 1. The summed E-state index contributed by atoms with van der Waals surface area (Å²) >= 11 is 0. The standard InChI is InChI=1S/C9H7F2NO/c10-8-5-4-7(9(11)12-8)3-1-2-6-13/h4-5,13H,2,6H2. The largest absolute Gasteiger partial charge is 0.395 e. The summed E-state index contributed by atoms with van der Waals surface area (Å²) in [5, 5.41) is 8.39. The average Bonchev–Trinajstić information content (AvgIpc) is 2.09. The Bertz CT molecular complexity index is 354. The molecule has 13 heavy (non-hydrogen) atoms. The van der Waals surface area contributed by atoms with Crippen LogP contribution in [-0.4, -0.2) is 16.7 Å². The minimum Gasteiger partial charge on any atom is -0.395 e. The summed E-state index contributed by atoms with van der Waals surface area (Å²) in [6.07, 6.45) is 0.261. The number of aromatic nitrogens is 1. The van der Waals surface area contributed by atoms with Gasteiger partial charge in [0.2, 0.25) is 11.9 Å². The van der Waals surface area contributed by atoms with Crippen LogP contribution in [0.5, 0.6) is 0 Å². The van der Waals surface area contributed by atoms with Gasteiger partial charge in [-0.05, 0) is 12.1 Å². The van der Waals surface area contributed by atoms with Crippen molar-refractivity contribution < 1.29 is 13.9 Å². The van der Waals surface area contributed by atoms with Crippen LogP contribution in [0.15, 0.2) is 12.1 Å². The highest BCUT2D eigenvalue weighted by molar-refractivity contribution is 5.32. The van der Waals surface area contributed by atoms with Crippen molar-refractivity contribution in [2.75, 3.05) is 6.61 Å². The molecule has 0 saturated heterocycles. The van der Waals surface area contributed by atoms with Crippen LogP contribution in [0.4, 0.5) is 8.78 Å². The fourth-order valence-corrected chi connectivity index (χ4v) is 0.719. The van der Waals surface area contributed by atoms with E-state index < -0.39 is 11.9 Å². The maximum Gasteiger partial charge on any atom is 0.231 e. The summed E-state index contributed by atoms with van der Waals surface area (Å²) in [6.45, 7) is -0.0801. The number of aliphatic hydroxyl groups excluding tert-OH is 1. The highest BCUT2D eigenvalue weighted by atomic mass is 19.1. The summed E-state index contributed by atoms with van der Waals surface area (Å²) in [4.78, 5) is 2.95. The van der Waals surface area contributed by atoms with Crippen LogP contribution in [0.25, 0.3) is 0 Å². The van der Waals surface area contributed by atoms with Gasteiger partial charge in [-0.2, -0.15) is 13.8 Å². The minimum atomic E-state index is -0.926. The molecular formula is C9H7F2NO. The third-order valence-electron chi connectivity index (χ3n) is 1.27. The molecular weight excluding hydrogens is 176 g/mol. The number of rotatable bonds is 1. The van der Waals surface area contributed by atoms with Crippen molar-refractivity contribution >= 4 is 0 Å². The third kappa shape index (κ3) is 2.80. The van der Waals surface area contributed by atoms with Gasteiger partial charge in [0.1, 0.15) is 0 Å². The van der Waals surface area contributed by atoms with Crippen LogP contribution >= 0.6 is 0 Å². The van der Waals surface area contributed by atoms with Crippen LogP contribution in [0, 0.1) is 23.7 Å². The number of halogens is 2. The maximum atomic E-state index is 12.8. The Morgan fingerprint density at radius 3 is 2.77 bits per heavy atom. The van der Waals surface area contributed by atoms with E-state index in [1.807, 2.05) is 0 Å². The van der Waals surface area contributed by atoms with E-state index in [1.165, 1.54) is 6.07 Å². The zero-order valence-corrected chi connectivity index (χ0v) is 6.72. The molecule has 1 aromatic rings. The van der Waals surface area contributed by atoms with Gasteiger partial charge < -0.3 is 5.11 Å². The first-order valence-electron chi connectivity index (χ1n) is 3.66. The van der Waals surface area contributed by atoms with Crippen LogP contribution < -0.4 is 0 Å². The Balaban J connectivity index is 2.85. The zero-order chi connectivity index (χ0) is 9.68. The molecule has 0 bridgehead atoms. The van der Waals surface area contributed by atoms with Crippen molar-refractivity contribution in [2.45, 2.75) is 6.42 Å². The lowest BCUT2D eigenvalue weighted by molar-refractivity contribution is 0.305. The average molecular weight is 183 g/mol. The van der Waals surface area contributed by atoms with Crippen molar-refractivity contribution in [3.63, 3.8) is 0 Å². The first kappa shape index (κ1) is 9.62. The molecule has 0 saturated carbocycles. The zero-order valence-electron chi connectivity index (χ0n) is 6.72. The van der Waals surface area contributed by atoms with Gasteiger partial charge in [-0.25, -0.2) is 0 Å². The fraction of sp³-hybridized carbons (Fsp3) is 0.222. The highest BCUT2D eigenvalue weighted by Crippen LogP contribution is 2.03. The van der Waals surface area contributed by atoms with Gasteiger partial charge in [-0.15, -0.1) is 0 Å². The van der Waals surface area contributed by atoms with E-state index in [9.17, 15) is 8.78 Å². The van der Waals surface area contributed by atoms with Gasteiger partial charge >= 0.3 is 0 Å². The topological polar surface area (TPSA) is 33.1 Å². The van der Waals surface area contributed by atoms with Gasteiger partial charge in [-0.3, -0.25) is 0 Å². The van der Waals surface area contributed by atoms with Crippen LogP contribution in [0.3, 0.4) is 0 Å².